The molecule has 0 saturated heterocycles. The fourth-order valence-corrected chi connectivity index (χ4v) is 0.969. The summed E-state index contributed by atoms with van der Waals surface area (Å²) in [5.41, 5.74) is -1.41. The van der Waals surface area contributed by atoms with Gasteiger partial charge in [-0.05, 0) is 6.92 Å². The van der Waals surface area contributed by atoms with Gasteiger partial charge < -0.3 is 5.11 Å². The molecule has 0 amide bonds. The molecule has 0 atom stereocenters. The monoisotopic (exact) mass is 199 g/mol. The van der Waals surface area contributed by atoms with Crippen LogP contribution in [-0.2, 0) is 17.9 Å². The SMILES string of the molecule is CCn1ncc(=O)n(CC(=O)O)c1=O. The van der Waals surface area contributed by atoms with Gasteiger partial charge in [0.2, 0.25) is 0 Å². The van der Waals surface area contributed by atoms with Gasteiger partial charge in [-0.25, -0.2) is 14.0 Å². The summed E-state index contributed by atoms with van der Waals surface area (Å²) >= 11 is 0. The molecule has 7 nitrogen and oxygen atoms in total. The number of carboxylic acid groups (broad SMARTS) is 1. The molecule has 14 heavy (non-hydrogen) atoms. The highest BCUT2D eigenvalue weighted by Crippen LogP contribution is 1.74. The Labute approximate surface area is 78.2 Å². The second kappa shape index (κ2) is 3.86. The summed E-state index contributed by atoms with van der Waals surface area (Å²) in [7, 11) is 0. The minimum atomic E-state index is -1.24. The standard InChI is InChI=1S/C7H9N3O4/c1-2-10-7(14)9(4-6(12)13)5(11)3-8-10/h3H,2,4H2,1H3,(H,12,13). The fraction of sp³-hybridized carbons (Fsp3) is 0.429. The maximum atomic E-state index is 11.4. The van der Waals surface area contributed by atoms with E-state index in [0.29, 0.717) is 11.1 Å². The normalized spacial score (nSPS) is 10.1. The van der Waals surface area contributed by atoms with Gasteiger partial charge in [0, 0.05) is 6.54 Å². The zero-order chi connectivity index (χ0) is 10.7. The van der Waals surface area contributed by atoms with Crippen molar-refractivity contribution in [2.75, 3.05) is 0 Å². The molecule has 0 aliphatic heterocycles. The topological polar surface area (TPSA) is 94.2 Å². The summed E-state index contributed by atoms with van der Waals surface area (Å²) in [6, 6.07) is 0. The third kappa shape index (κ3) is 1.87. The highest BCUT2D eigenvalue weighted by molar-refractivity contribution is 5.66. The van der Waals surface area contributed by atoms with Gasteiger partial charge in [0.15, 0.2) is 0 Å². The van der Waals surface area contributed by atoms with Crippen LogP contribution in [0.1, 0.15) is 6.92 Å². The number of aliphatic carboxylic acids is 1. The van der Waals surface area contributed by atoms with E-state index >= 15 is 0 Å². The van der Waals surface area contributed by atoms with Crippen LogP contribution in [-0.4, -0.2) is 25.4 Å². The van der Waals surface area contributed by atoms with Crippen molar-refractivity contribution < 1.29 is 9.90 Å². The van der Waals surface area contributed by atoms with Crippen LogP contribution in [0, 0.1) is 0 Å². The molecular formula is C7H9N3O4. The van der Waals surface area contributed by atoms with Gasteiger partial charge in [0.25, 0.3) is 5.56 Å². The lowest BCUT2D eigenvalue weighted by Gasteiger charge is -2.03. The number of rotatable bonds is 3. The summed E-state index contributed by atoms with van der Waals surface area (Å²) in [6.07, 6.45) is 0.924. The average molecular weight is 199 g/mol. The summed E-state index contributed by atoms with van der Waals surface area (Å²) < 4.78 is 1.64. The van der Waals surface area contributed by atoms with E-state index in [2.05, 4.69) is 5.10 Å². The molecule has 0 unspecified atom stereocenters. The summed E-state index contributed by atoms with van der Waals surface area (Å²) in [5, 5.41) is 12.0. The molecule has 0 fully saturated rings. The summed E-state index contributed by atoms with van der Waals surface area (Å²) in [5.74, 6) is -1.24. The number of carboxylic acids is 1. The Bertz CT molecular complexity index is 459. The quantitative estimate of drug-likeness (QED) is 0.640. The Kier molecular flexibility index (Phi) is 2.80. The van der Waals surface area contributed by atoms with Crippen LogP contribution in [0.3, 0.4) is 0 Å². The first-order valence-corrected chi connectivity index (χ1v) is 3.95. The van der Waals surface area contributed by atoms with Crippen molar-refractivity contribution in [3.63, 3.8) is 0 Å². The van der Waals surface area contributed by atoms with Gasteiger partial charge in [-0.2, -0.15) is 5.10 Å². The summed E-state index contributed by atoms with van der Waals surface area (Å²) in [6.45, 7) is 1.32. The van der Waals surface area contributed by atoms with Gasteiger partial charge >= 0.3 is 11.7 Å². The Morgan fingerprint density at radius 2 is 2.21 bits per heavy atom. The predicted octanol–water partition coefficient (Wildman–Crippen LogP) is -1.49. The number of aryl methyl sites for hydroxylation is 1. The summed E-state index contributed by atoms with van der Waals surface area (Å²) in [4.78, 5) is 32.8. The number of hydrogen-bond donors (Lipinski definition) is 1. The Balaban J connectivity index is 3.33. The molecule has 0 saturated carbocycles. The number of nitrogens with zero attached hydrogens (tertiary/aromatic N) is 3. The fourth-order valence-electron chi connectivity index (χ4n) is 0.969. The van der Waals surface area contributed by atoms with E-state index in [1.165, 1.54) is 0 Å². The van der Waals surface area contributed by atoms with E-state index < -0.39 is 23.8 Å². The minimum Gasteiger partial charge on any atom is -0.480 e. The van der Waals surface area contributed by atoms with Crippen LogP contribution in [0.5, 0.6) is 0 Å². The number of aromatic nitrogens is 3. The molecule has 1 N–H and O–H groups in total. The third-order valence-corrected chi connectivity index (χ3v) is 1.62. The van der Waals surface area contributed by atoms with Gasteiger partial charge in [0.1, 0.15) is 12.7 Å². The molecule has 0 aliphatic rings. The van der Waals surface area contributed by atoms with E-state index in [4.69, 9.17) is 5.11 Å². The third-order valence-electron chi connectivity index (χ3n) is 1.62. The minimum absolute atomic E-state index is 0.290. The zero-order valence-corrected chi connectivity index (χ0v) is 7.51. The molecule has 76 valence electrons. The van der Waals surface area contributed by atoms with Crippen LogP contribution in [0.2, 0.25) is 0 Å². The van der Waals surface area contributed by atoms with Crippen LogP contribution in [0.25, 0.3) is 0 Å². The van der Waals surface area contributed by atoms with Crippen molar-refractivity contribution in [3.8, 4) is 0 Å². The number of hydrogen-bond acceptors (Lipinski definition) is 4. The first kappa shape index (κ1) is 10.2. The van der Waals surface area contributed by atoms with E-state index in [9.17, 15) is 14.4 Å². The highest BCUT2D eigenvalue weighted by atomic mass is 16.4. The second-order valence-electron chi connectivity index (χ2n) is 2.56. The predicted molar refractivity (Wildman–Crippen MR) is 46.1 cm³/mol. The Morgan fingerprint density at radius 3 is 2.71 bits per heavy atom. The van der Waals surface area contributed by atoms with Gasteiger partial charge in [-0.3, -0.25) is 9.59 Å². The van der Waals surface area contributed by atoms with Crippen molar-refractivity contribution >= 4 is 5.97 Å². The van der Waals surface area contributed by atoms with E-state index in [1.807, 2.05) is 0 Å². The van der Waals surface area contributed by atoms with Crippen LogP contribution in [0.15, 0.2) is 15.8 Å². The number of carbonyl (C=O) groups is 1. The van der Waals surface area contributed by atoms with Crippen LogP contribution in [0.4, 0.5) is 0 Å². The van der Waals surface area contributed by atoms with Crippen molar-refractivity contribution in [1.82, 2.24) is 14.3 Å². The smallest absolute Gasteiger partial charge is 0.347 e. The molecule has 0 aromatic carbocycles. The molecule has 0 aliphatic carbocycles. The van der Waals surface area contributed by atoms with Crippen molar-refractivity contribution in [2.45, 2.75) is 20.0 Å². The zero-order valence-electron chi connectivity index (χ0n) is 7.51. The maximum absolute atomic E-state index is 11.4. The van der Waals surface area contributed by atoms with Gasteiger partial charge in [0.05, 0.1) is 0 Å². The van der Waals surface area contributed by atoms with Crippen molar-refractivity contribution in [1.29, 1.82) is 0 Å². The Hall–Kier alpha value is -1.92. The van der Waals surface area contributed by atoms with E-state index in [1.54, 1.807) is 6.92 Å². The first-order chi connectivity index (χ1) is 6.56. The van der Waals surface area contributed by atoms with Gasteiger partial charge in [-0.1, -0.05) is 0 Å². The first-order valence-electron chi connectivity index (χ1n) is 3.95. The molecule has 7 heteroatoms. The molecule has 0 spiro atoms. The molecular weight excluding hydrogens is 190 g/mol. The molecule has 1 aromatic heterocycles. The van der Waals surface area contributed by atoms with E-state index in [-0.39, 0.29) is 0 Å². The van der Waals surface area contributed by atoms with Crippen LogP contribution >= 0.6 is 0 Å². The molecule has 0 bridgehead atoms. The van der Waals surface area contributed by atoms with Crippen molar-refractivity contribution in [3.05, 3.63) is 27.0 Å². The average Bonchev–Trinajstić information content (AvgIpc) is 2.12. The lowest BCUT2D eigenvalue weighted by Crippen LogP contribution is -2.42. The lowest BCUT2D eigenvalue weighted by atomic mass is 10.6. The largest absolute Gasteiger partial charge is 0.480 e. The maximum Gasteiger partial charge on any atom is 0.347 e. The van der Waals surface area contributed by atoms with Crippen molar-refractivity contribution in [2.24, 2.45) is 0 Å². The van der Waals surface area contributed by atoms with E-state index in [0.717, 1.165) is 10.9 Å². The molecule has 1 rings (SSSR count). The highest BCUT2D eigenvalue weighted by Gasteiger charge is 2.08. The molecule has 0 radical (unpaired) electrons. The molecule has 1 heterocycles. The van der Waals surface area contributed by atoms with Gasteiger partial charge in [-0.15, -0.1) is 0 Å². The Morgan fingerprint density at radius 1 is 1.57 bits per heavy atom. The lowest BCUT2D eigenvalue weighted by molar-refractivity contribution is -0.137. The van der Waals surface area contributed by atoms with Crippen LogP contribution < -0.4 is 11.2 Å². The second-order valence-corrected chi connectivity index (χ2v) is 2.56. The molecule has 1 aromatic rings.